The average molecular weight is 440 g/mol. The smallest absolute Gasteiger partial charge is 0.338 e. The van der Waals surface area contributed by atoms with Gasteiger partial charge in [-0.25, -0.2) is 4.79 Å². The number of esters is 1. The highest BCUT2D eigenvalue weighted by molar-refractivity contribution is 7.16. The highest BCUT2D eigenvalue weighted by Gasteiger charge is 2.33. The Morgan fingerprint density at radius 2 is 2.13 bits per heavy atom. The Morgan fingerprint density at radius 1 is 1.39 bits per heavy atom. The van der Waals surface area contributed by atoms with E-state index in [4.69, 9.17) is 10.5 Å². The zero-order chi connectivity index (χ0) is 22.8. The molecule has 2 aromatic rings. The fraction of sp³-hybridized carbons (Fsp3) is 0.458. The van der Waals surface area contributed by atoms with Gasteiger partial charge < -0.3 is 15.8 Å². The van der Waals surface area contributed by atoms with Gasteiger partial charge in [-0.05, 0) is 60.8 Å². The van der Waals surface area contributed by atoms with E-state index in [-0.39, 0.29) is 5.41 Å². The van der Waals surface area contributed by atoms with E-state index < -0.39 is 18.0 Å². The van der Waals surface area contributed by atoms with Crippen molar-refractivity contribution >= 4 is 33.9 Å². The topological polar surface area (TPSA) is 105 Å². The van der Waals surface area contributed by atoms with Crippen LogP contribution < -0.4 is 11.1 Å². The Kier molecular flexibility index (Phi) is 6.71. The molecule has 1 aromatic carbocycles. The molecule has 1 aliphatic rings. The third-order valence-corrected chi connectivity index (χ3v) is 7.04. The van der Waals surface area contributed by atoms with Gasteiger partial charge in [-0.2, -0.15) is 5.26 Å². The number of fused-ring (bicyclic) bond motifs is 1. The molecule has 1 aromatic heterocycles. The number of nitriles is 1. The minimum atomic E-state index is -0.957. The highest BCUT2D eigenvalue weighted by atomic mass is 32.1. The van der Waals surface area contributed by atoms with Crippen LogP contribution in [0.25, 0.3) is 0 Å². The Hall–Kier alpha value is -2.85. The van der Waals surface area contributed by atoms with E-state index in [1.54, 1.807) is 25.1 Å². The van der Waals surface area contributed by atoms with Crippen molar-refractivity contribution < 1.29 is 14.3 Å². The van der Waals surface area contributed by atoms with E-state index in [9.17, 15) is 14.9 Å². The molecule has 164 valence electrons. The van der Waals surface area contributed by atoms with Gasteiger partial charge in [0.1, 0.15) is 11.1 Å². The summed E-state index contributed by atoms with van der Waals surface area (Å²) in [5.41, 5.74) is 8.25. The molecule has 0 saturated heterocycles. The number of nitrogens with one attached hydrogen (secondary N) is 1. The van der Waals surface area contributed by atoms with Crippen molar-refractivity contribution in [3.8, 4) is 6.07 Å². The van der Waals surface area contributed by atoms with Gasteiger partial charge >= 0.3 is 5.97 Å². The number of anilines is 2. The molecule has 1 amide bonds. The van der Waals surface area contributed by atoms with E-state index in [1.807, 2.05) is 0 Å². The lowest BCUT2D eigenvalue weighted by Gasteiger charge is -2.33. The van der Waals surface area contributed by atoms with E-state index in [0.717, 1.165) is 24.8 Å². The maximum atomic E-state index is 12.9. The number of nitrogens with zero attached hydrogens (tertiary/aromatic N) is 1. The quantitative estimate of drug-likeness (QED) is 0.508. The fourth-order valence-electron chi connectivity index (χ4n) is 3.91. The van der Waals surface area contributed by atoms with Gasteiger partial charge in [-0.1, -0.05) is 33.8 Å². The number of rotatable bonds is 5. The minimum Gasteiger partial charge on any atom is -0.449 e. The summed E-state index contributed by atoms with van der Waals surface area (Å²) >= 11 is 1.47. The molecule has 0 aliphatic heterocycles. The van der Waals surface area contributed by atoms with Crippen molar-refractivity contribution in [2.24, 2.45) is 11.3 Å². The molecule has 0 fully saturated rings. The number of ether oxygens (including phenoxy) is 1. The van der Waals surface area contributed by atoms with Crippen LogP contribution in [0.4, 0.5) is 10.7 Å². The van der Waals surface area contributed by atoms with Crippen molar-refractivity contribution in [2.45, 2.75) is 59.5 Å². The summed E-state index contributed by atoms with van der Waals surface area (Å²) in [6.07, 6.45) is 2.15. The molecule has 3 N–H and O–H groups in total. The Bertz CT molecular complexity index is 1030. The van der Waals surface area contributed by atoms with Crippen LogP contribution in [0.15, 0.2) is 24.3 Å². The summed E-state index contributed by atoms with van der Waals surface area (Å²) in [5, 5.41) is 13.1. The van der Waals surface area contributed by atoms with Crippen molar-refractivity contribution in [2.75, 3.05) is 11.1 Å². The third-order valence-electron chi connectivity index (χ3n) is 5.87. The van der Waals surface area contributed by atoms with Crippen LogP contribution in [-0.2, 0) is 22.4 Å². The number of nitrogen functional groups attached to an aromatic ring is 1. The number of nitrogens with two attached hydrogens (primary N) is 1. The average Bonchev–Trinajstić information content (AvgIpc) is 3.07. The van der Waals surface area contributed by atoms with Crippen LogP contribution in [0.1, 0.15) is 66.9 Å². The second-order valence-corrected chi connectivity index (χ2v) is 10.1. The van der Waals surface area contributed by atoms with E-state index in [2.05, 4.69) is 32.2 Å². The second kappa shape index (κ2) is 9.11. The van der Waals surface area contributed by atoms with E-state index in [1.165, 1.54) is 22.3 Å². The molecule has 0 radical (unpaired) electrons. The van der Waals surface area contributed by atoms with E-state index >= 15 is 0 Å². The van der Waals surface area contributed by atoms with Gasteiger partial charge in [0, 0.05) is 10.6 Å². The normalized spacial score (nSPS) is 16.7. The number of thiophene rings is 1. The summed E-state index contributed by atoms with van der Waals surface area (Å²) in [6, 6.07) is 8.71. The maximum absolute atomic E-state index is 12.9. The fourth-order valence-corrected chi connectivity index (χ4v) is 5.19. The highest BCUT2D eigenvalue weighted by Crippen LogP contribution is 2.44. The first-order valence-electron chi connectivity index (χ1n) is 10.6. The summed E-state index contributed by atoms with van der Waals surface area (Å²) in [4.78, 5) is 26.5. The van der Waals surface area contributed by atoms with Gasteiger partial charge in [0.15, 0.2) is 6.10 Å². The summed E-state index contributed by atoms with van der Waals surface area (Å²) in [6.45, 7) is 8.50. The molecular formula is C24H29N3O3S. The maximum Gasteiger partial charge on any atom is 0.338 e. The predicted molar refractivity (Wildman–Crippen MR) is 123 cm³/mol. The lowest BCUT2D eigenvalue weighted by Crippen LogP contribution is -2.32. The molecule has 2 atom stereocenters. The van der Waals surface area contributed by atoms with Crippen LogP contribution in [0.2, 0.25) is 0 Å². The number of amides is 1. The van der Waals surface area contributed by atoms with Gasteiger partial charge in [-0.3, -0.25) is 4.79 Å². The van der Waals surface area contributed by atoms with Gasteiger partial charge in [0.05, 0.1) is 11.1 Å². The molecule has 0 spiro atoms. The monoisotopic (exact) mass is 439 g/mol. The lowest BCUT2D eigenvalue weighted by molar-refractivity contribution is -0.124. The molecule has 7 heteroatoms. The number of carbonyl (C=O) groups excluding carboxylic acids is 2. The number of carbonyl (C=O) groups is 2. The Labute approximate surface area is 187 Å². The minimum absolute atomic E-state index is 0.195. The molecule has 1 aliphatic carbocycles. The largest absolute Gasteiger partial charge is 0.449 e. The van der Waals surface area contributed by atoms with Crippen LogP contribution >= 0.6 is 11.3 Å². The number of hydrogen-bond donors (Lipinski definition) is 2. The molecule has 31 heavy (non-hydrogen) atoms. The standard InChI is InChI=1S/C24H29N3O3S/c1-5-19(30-23(29)14-7-6-8-16(26)11-14)21(28)27-22-18(13-25)17-10-9-15(24(2,3)4)12-20(17)31-22/h6-8,11,15,19H,5,9-10,12,26H2,1-4H3,(H,27,28). The Morgan fingerprint density at radius 3 is 2.74 bits per heavy atom. The zero-order valence-electron chi connectivity index (χ0n) is 18.5. The third kappa shape index (κ3) is 5.08. The second-order valence-electron chi connectivity index (χ2n) is 9.04. The first kappa shape index (κ1) is 22.8. The summed E-state index contributed by atoms with van der Waals surface area (Å²) in [5.74, 6) is -0.494. The van der Waals surface area contributed by atoms with Crippen LogP contribution in [0, 0.1) is 22.7 Å². The van der Waals surface area contributed by atoms with Crippen LogP contribution in [0.5, 0.6) is 0 Å². The van der Waals surface area contributed by atoms with Crippen LogP contribution in [0.3, 0.4) is 0 Å². The molecule has 6 nitrogen and oxygen atoms in total. The molecule has 2 unspecified atom stereocenters. The van der Waals surface area contributed by atoms with Gasteiger partial charge in [-0.15, -0.1) is 11.3 Å². The zero-order valence-corrected chi connectivity index (χ0v) is 19.3. The first-order chi connectivity index (χ1) is 14.6. The number of hydrogen-bond acceptors (Lipinski definition) is 6. The van der Waals surface area contributed by atoms with E-state index in [0.29, 0.717) is 34.2 Å². The van der Waals surface area contributed by atoms with Crippen molar-refractivity contribution in [1.82, 2.24) is 0 Å². The SMILES string of the molecule is CCC(OC(=O)c1cccc(N)c1)C(=O)Nc1sc2c(c1C#N)CCC(C(C)(C)C)C2. The molecule has 0 saturated carbocycles. The first-order valence-corrected chi connectivity index (χ1v) is 11.4. The number of benzene rings is 1. The Balaban J connectivity index is 1.75. The molecular weight excluding hydrogens is 410 g/mol. The molecule has 1 heterocycles. The van der Waals surface area contributed by atoms with Gasteiger partial charge in [0.2, 0.25) is 0 Å². The van der Waals surface area contributed by atoms with Crippen molar-refractivity contribution in [1.29, 1.82) is 5.26 Å². The molecule has 3 rings (SSSR count). The lowest BCUT2D eigenvalue weighted by atomic mass is 9.72. The summed E-state index contributed by atoms with van der Waals surface area (Å²) < 4.78 is 5.43. The predicted octanol–water partition coefficient (Wildman–Crippen LogP) is 4.93. The molecule has 0 bridgehead atoms. The van der Waals surface area contributed by atoms with Crippen molar-refractivity contribution in [3.05, 3.63) is 45.8 Å². The van der Waals surface area contributed by atoms with Crippen LogP contribution in [-0.4, -0.2) is 18.0 Å². The summed E-state index contributed by atoms with van der Waals surface area (Å²) in [7, 11) is 0. The van der Waals surface area contributed by atoms with Gasteiger partial charge in [0.25, 0.3) is 5.91 Å². The van der Waals surface area contributed by atoms with Crippen molar-refractivity contribution in [3.63, 3.8) is 0 Å².